The topological polar surface area (TPSA) is 3.24 Å². The highest BCUT2D eigenvalue weighted by atomic mass is 15.1. The smallest absolute Gasteiger partial charge is 0.0236 e. The predicted molar refractivity (Wildman–Crippen MR) is 76.4 cm³/mol. The molecule has 1 aliphatic heterocycles. The summed E-state index contributed by atoms with van der Waals surface area (Å²) in [4.78, 5) is 2.54. The summed E-state index contributed by atoms with van der Waals surface area (Å²) < 4.78 is 0. The average Bonchev–Trinajstić information content (AvgIpc) is 2.38. The maximum atomic E-state index is 2.54. The van der Waals surface area contributed by atoms with Crippen LogP contribution in [0.5, 0.6) is 0 Å². The quantitative estimate of drug-likeness (QED) is 0.730. The Morgan fingerprint density at radius 2 is 1.76 bits per heavy atom. The van der Waals surface area contributed by atoms with Gasteiger partial charge in [-0.3, -0.25) is 4.90 Å². The van der Waals surface area contributed by atoms with Gasteiger partial charge in [0, 0.05) is 13.1 Å². The van der Waals surface area contributed by atoms with Gasteiger partial charge < -0.3 is 0 Å². The Labute approximate surface area is 107 Å². The van der Waals surface area contributed by atoms with Gasteiger partial charge in [-0.05, 0) is 30.0 Å². The minimum Gasteiger partial charge on any atom is -0.299 e. The van der Waals surface area contributed by atoms with Crippen LogP contribution in [-0.4, -0.2) is 18.0 Å². The van der Waals surface area contributed by atoms with Crippen molar-refractivity contribution in [3.8, 4) is 0 Å². The van der Waals surface area contributed by atoms with Crippen molar-refractivity contribution in [3.63, 3.8) is 0 Å². The van der Waals surface area contributed by atoms with Gasteiger partial charge in [0.15, 0.2) is 0 Å². The molecule has 0 aromatic heterocycles. The van der Waals surface area contributed by atoms with E-state index in [2.05, 4.69) is 56.9 Å². The first-order valence-corrected chi connectivity index (χ1v) is 7.06. The molecule has 0 amide bonds. The van der Waals surface area contributed by atoms with Gasteiger partial charge in [0.05, 0.1) is 0 Å². The summed E-state index contributed by atoms with van der Waals surface area (Å²) in [5, 5.41) is 0. The van der Waals surface area contributed by atoms with E-state index in [1.54, 1.807) is 5.56 Å². The first-order chi connectivity index (χ1) is 8.26. The third-order valence-corrected chi connectivity index (χ3v) is 3.31. The molecule has 1 heteroatoms. The molecule has 0 spiro atoms. The summed E-state index contributed by atoms with van der Waals surface area (Å²) >= 11 is 0. The first-order valence-electron chi connectivity index (χ1n) is 7.06. The molecule has 17 heavy (non-hydrogen) atoms. The average molecular weight is 233 g/mol. The molecule has 0 unspecified atom stereocenters. The van der Waals surface area contributed by atoms with E-state index in [0.717, 1.165) is 12.5 Å². The molecule has 0 aliphatic carbocycles. The van der Waals surface area contributed by atoms with Crippen molar-refractivity contribution in [3.05, 3.63) is 35.4 Å². The van der Waals surface area contributed by atoms with Crippen LogP contribution in [-0.2, 0) is 6.54 Å². The van der Waals surface area contributed by atoms with Crippen LogP contribution in [0.15, 0.2) is 24.3 Å². The summed E-state index contributed by atoms with van der Waals surface area (Å²) in [6, 6.07) is 8.91. The number of hydrogen-bond acceptors (Lipinski definition) is 1. The molecule has 0 N–H and O–H groups in total. The number of rotatable bonds is 2. The van der Waals surface area contributed by atoms with Crippen LogP contribution >= 0.6 is 0 Å². The zero-order valence-electron chi connectivity index (χ0n) is 11.9. The minimum atomic E-state index is 0.750. The van der Waals surface area contributed by atoms with E-state index < -0.39 is 0 Å². The zero-order chi connectivity index (χ0) is 12.7. The molecular weight excluding hydrogens is 206 g/mol. The largest absolute Gasteiger partial charge is 0.299 e. The van der Waals surface area contributed by atoms with Crippen molar-refractivity contribution < 1.29 is 0 Å². The SMILES string of the molecule is CCC.CC[C@H]1CN(CC)Cc2ccccc21. The van der Waals surface area contributed by atoms with Crippen LogP contribution in [0.25, 0.3) is 0 Å². The highest BCUT2D eigenvalue weighted by Gasteiger charge is 2.22. The van der Waals surface area contributed by atoms with Crippen LogP contribution < -0.4 is 0 Å². The zero-order valence-corrected chi connectivity index (χ0v) is 11.9. The van der Waals surface area contributed by atoms with Gasteiger partial charge in [0.1, 0.15) is 0 Å². The molecular formula is C16H27N. The van der Waals surface area contributed by atoms with E-state index in [9.17, 15) is 0 Å². The number of benzene rings is 1. The second kappa shape index (κ2) is 7.50. The Kier molecular flexibility index (Phi) is 6.28. The molecule has 1 aliphatic rings. The summed E-state index contributed by atoms with van der Waals surface area (Å²) in [6.45, 7) is 12.3. The van der Waals surface area contributed by atoms with Gasteiger partial charge in [-0.1, -0.05) is 58.4 Å². The summed E-state index contributed by atoms with van der Waals surface area (Å²) in [5.74, 6) is 0.750. The Balaban J connectivity index is 0.000000437. The second-order valence-corrected chi connectivity index (χ2v) is 4.84. The van der Waals surface area contributed by atoms with Crippen LogP contribution in [0.2, 0.25) is 0 Å². The Bertz CT molecular complexity index is 319. The van der Waals surface area contributed by atoms with E-state index in [1.807, 2.05) is 0 Å². The van der Waals surface area contributed by atoms with Gasteiger partial charge in [0.2, 0.25) is 0 Å². The lowest BCUT2D eigenvalue weighted by molar-refractivity contribution is 0.239. The van der Waals surface area contributed by atoms with Gasteiger partial charge in [-0.15, -0.1) is 0 Å². The lowest BCUT2D eigenvalue weighted by Gasteiger charge is -2.33. The number of hydrogen-bond donors (Lipinski definition) is 0. The van der Waals surface area contributed by atoms with Gasteiger partial charge in [0.25, 0.3) is 0 Å². The molecule has 96 valence electrons. The van der Waals surface area contributed by atoms with Crippen molar-refractivity contribution in [2.45, 2.75) is 53.0 Å². The first kappa shape index (κ1) is 14.2. The highest BCUT2D eigenvalue weighted by molar-refractivity contribution is 5.32. The van der Waals surface area contributed by atoms with Crippen LogP contribution in [0.4, 0.5) is 0 Å². The third-order valence-electron chi connectivity index (χ3n) is 3.31. The van der Waals surface area contributed by atoms with Crippen molar-refractivity contribution in [1.82, 2.24) is 4.90 Å². The maximum absolute atomic E-state index is 2.54. The normalized spacial score (nSPS) is 19.2. The van der Waals surface area contributed by atoms with Gasteiger partial charge >= 0.3 is 0 Å². The molecule has 0 bridgehead atoms. The van der Waals surface area contributed by atoms with E-state index in [4.69, 9.17) is 0 Å². The molecule has 2 rings (SSSR count). The number of nitrogens with zero attached hydrogens (tertiary/aromatic N) is 1. The highest BCUT2D eigenvalue weighted by Crippen LogP contribution is 2.29. The van der Waals surface area contributed by atoms with Crippen LogP contribution in [0.3, 0.4) is 0 Å². The molecule has 0 fully saturated rings. The lowest BCUT2D eigenvalue weighted by Crippen LogP contribution is -2.33. The molecule has 1 atom stereocenters. The van der Waals surface area contributed by atoms with E-state index in [1.165, 1.54) is 31.5 Å². The summed E-state index contributed by atoms with van der Waals surface area (Å²) in [5.41, 5.74) is 3.12. The van der Waals surface area contributed by atoms with Crippen LogP contribution in [0, 0.1) is 0 Å². The second-order valence-electron chi connectivity index (χ2n) is 4.84. The Morgan fingerprint density at radius 1 is 1.12 bits per heavy atom. The third kappa shape index (κ3) is 3.85. The van der Waals surface area contributed by atoms with Crippen molar-refractivity contribution >= 4 is 0 Å². The fourth-order valence-corrected chi connectivity index (χ4v) is 2.38. The molecule has 1 aromatic carbocycles. The fourth-order valence-electron chi connectivity index (χ4n) is 2.38. The minimum absolute atomic E-state index is 0.750. The lowest BCUT2D eigenvalue weighted by atomic mass is 9.88. The van der Waals surface area contributed by atoms with Crippen molar-refractivity contribution in [2.24, 2.45) is 0 Å². The molecule has 0 saturated carbocycles. The van der Waals surface area contributed by atoms with Gasteiger partial charge in [-0.2, -0.15) is 0 Å². The number of likely N-dealkylation sites (N-methyl/N-ethyl adjacent to an activating group) is 1. The molecule has 1 nitrogen and oxygen atoms in total. The maximum Gasteiger partial charge on any atom is 0.0236 e. The standard InChI is InChI=1S/C13H19N.C3H8/c1-3-11-9-14(4-2)10-12-7-5-6-8-13(11)12;1-3-2/h5-8,11H,3-4,9-10H2,1-2H3;3H2,1-2H3/t11-;/m0./s1. The number of fused-ring (bicyclic) bond motifs is 1. The van der Waals surface area contributed by atoms with Gasteiger partial charge in [-0.25, -0.2) is 0 Å². The Morgan fingerprint density at radius 3 is 2.35 bits per heavy atom. The molecule has 1 heterocycles. The van der Waals surface area contributed by atoms with Crippen molar-refractivity contribution in [1.29, 1.82) is 0 Å². The summed E-state index contributed by atoms with van der Waals surface area (Å²) in [6.07, 6.45) is 2.51. The van der Waals surface area contributed by atoms with E-state index in [0.29, 0.717) is 0 Å². The van der Waals surface area contributed by atoms with Crippen molar-refractivity contribution in [2.75, 3.05) is 13.1 Å². The predicted octanol–water partition coefficient (Wildman–Crippen LogP) is 4.43. The van der Waals surface area contributed by atoms with E-state index in [-0.39, 0.29) is 0 Å². The monoisotopic (exact) mass is 233 g/mol. The van der Waals surface area contributed by atoms with Crippen LogP contribution in [0.1, 0.15) is 57.6 Å². The molecule has 1 aromatic rings. The molecule has 0 radical (unpaired) electrons. The fraction of sp³-hybridized carbons (Fsp3) is 0.625. The summed E-state index contributed by atoms with van der Waals surface area (Å²) in [7, 11) is 0. The Hall–Kier alpha value is -0.820. The van der Waals surface area contributed by atoms with E-state index >= 15 is 0 Å². The molecule has 0 saturated heterocycles.